The van der Waals surface area contributed by atoms with E-state index in [-0.39, 0.29) is 0 Å². The van der Waals surface area contributed by atoms with E-state index in [1.54, 1.807) is 0 Å². The number of hydrogen-bond donors (Lipinski definition) is 0. The van der Waals surface area contributed by atoms with Gasteiger partial charge in [-0.05, 0) is 63.7 Å². The number of rotatable bonds is 8. The maximum Gasteiger partial charge on any atom is 0.164 e. The standard InChI is InChI=1S/C57H38N4/c1-6-18-39(19-7-1)41-30-32-45(33-31-41)56-58-55(44-26-14-5-15-27-44)59-57(60-56)47-37-49(42-22-10-3-11-23-42)54(50(38-47)43-24-12-4-13-25-43)61-52-29-17-16-28-48(52)51-36-46(34-35-53(51)61)40-20-8-2-9-21-40/h1-38H. The van der Waals surface area contributed by atoms with Crippen molar-refractivity contribution in [2.75, 3.05) is 0 Å². The van der Waals surface area contributed by atoms with Gasteiger partial charge in [-0.3, -0.25) is 0 Å². The van der Waals surface area contributed by atoms with Gasteiger partial charge in [-0.2, -0.15) is 0 Å². The summed E-state index contributed by atoms with van der Waals surface area (Å²) in [6.45, 7) is 0. The summed E-state index contributed by atoms with van der Waals surface area (Å²) in [4.78, 5) is 15.6. The zero-order valence-corrected chi connectivity index (χ0v) is 33.2. The van der Waals surface area contributed by atoms with Crippen LogP contribution < -0.4 is 0 Å². The maximum absolute atomic E-state index is 5.27. The van der Waals surface area contributed by atoms with Gasteiger partial charge in [0.25, 0.3) is 0 Å². The molecule has 286 valence electrons. The van der Waals surface area contributed by atoms with Crippen LogP contribution in [0.3, 0.4) is 0 Å². The summed E-state index contributed by atoms with van der Waals surface area (Å²) in [5.74, 6) is 1.84. The first-order valence-electron chi connectivity index (χ1n) is 20.6. The van der Waals surface area contributed by atoms with Crippen LogP contribution in [0, 0.1) is 0 Å². The molecule has 0 aliphatic rings. The highest BCUT2D eigenvalue weighted by atomic mass is 15.0. The van der Waals surface area contributed by atoms with Crippen molar-refractivity contribution in [2.45, 2.75) is 0 Å². The quantitative estimate of drug-likeness (QED) is 0.154. The minimum Gasteiger partial charge on any atom is -0.308 e. The second kappa shape index (κ2) is 15.5. The molecule has 0 aliphatic carbocycles. The Morgan fingerprint density at radius 1 is 0.246 bits per heavy atom. The maximum atomic E-state index is 5.27. The average Bonchev–Trinajstić information content (AvgIpc) is 3.68. The first-order valence-corrected chi connectivity index (χ1v) is 20.6. The van der Waals surface area contributed by atoms with Crippen molar-refractivity contribution in [1.82, 2.24) is 19.5 Å². The van der Waals surface area contributed by atoms with Crippen LogP contribution in [0.2, 0.25) is 0 Å². The predicted molar refractivity (Wildman–Crippen MR) is 252 cm³/mol. The molecule has 0 fully saturated rings. The first-order chi connectivity index (χ1) is 30.2. The van der Waals surface area contributed by atoms with Gasteiger partial charge in [0.1, 0.15) is 0 Å². The number of aromatic nitrogens is 4. The molecule has 9 aromatic carbocycles. The molecular formula is C57H38N4. The molecule has 11 rings (SSSR count). The SMILES string of the molecule is c1ccc(-c2ccc(-c3nc(-c4ccccc4)nc(-c4cc(-c5ccccc5)c(-n5c6ccccc6c6cc(-c7ccccc7)ccc65)c(-c5ccccc5)c4)n3)cc2)cc1. The summed E-state index contributed by atoms with van der Waals surface area (Å²) < 4.78 is 2.45. The van der Waals surface area contributed by atoms with Crippen LogP contribution in [-0.2, 0) is 0 Å². The monoisotopic (exact) mass is 778 g/mol. The second-order valence-corrected chi connectivity index (χ2v) is 15.2. The molecular weight excluding hydrogens is 741 g/mol. The van der Waals surface area contributed by atoms with Crippen LogP contribution in [0.5, 0.6) is 0 Å². The molecule has 0 amide bonds. The lowest BCUT2D eigenvalue weighted by Crippen LogP contribution is -2.04. The van der Waals surface area contributed by atoms with Gasteiger partial charge in [0.05, 0.1) is 16.7 Å². The molecule has 0 saturated carbocycles. The van der Waals surface area contributed by atoms with Crippen LogP contribution in [0.25, 0.3) is 106 Å². The number of fused-ring (bicyclic) bond motifs is 3. The predicted octanol–water partition coefficient (Wildman–Crippen LogP) is 14.6. The summed E-state index contributed by atoms with van der Waals surface area (Å²) in [7, 11) is 0. The van der Waals surface area contributed by atoms with E-state index in [1.165, 1.54) is 21.9 Å². The Kier molecular flexibility index (Phi) is 9.14. The van der Waals surface area contributed by atoms with Crippen LogP contribution in [0.1, 0.15) is 0 Å². The van der Waals surface area contributed by atoms with Crippen molar-refractivity contribution >= 4 is 21.8 Å². The largest absolute Gasteiger partial charge is 0.308 e. The van der Waals surface area contributed by atoms with E-state index in [9.17, 15) is 0 Å². The third-order valence-electron chi connectivity index (χ3n) is 11.5. The summed E-state index contributed by atoms with van der Waals surface area (Å²) in [6.07, 6.45) is 0. The fourth-order valence-electron chi connectivity index (χ4n) is 8.50. The average molecular weight is 779 g/mol. The van der Waals surface area contributed by atoms with Gasteiger partial charge >= 0.3 is 0 Å². The van der Waals surface area contributed by atoms with Gasteiger partial charge in [0, 0.05) is 38.6 Å². The lowest BCUT2D eigenvalue weighted by atomic mass is 9.92. The van der Waals surface area contributed by atoms with E-state index >= 15 is 0 Å². The van der Waals surface area contributed by atoms with Crippen molar-refractivity contribution in [3.05, 3.63) is 231 Å². The molecule has 0 saturated heterocycles. The molecule has 0 atom stereocenters. The zero-order valence-electron chi connectivity index (χ0n) is 33.2. The molecule has 4 nitrogen and oxygen atoms in total. The highest BCUT2D eigenvalue weighted by Gasteiger charge is 2.23. The van der Waals surface area contributed by atoms with Crippen molar-refractivity contribution in [3.8, 4) is 84.4 Å². The van der Waals surface area contributed by atoms with Crippen molar-refractivity contribution < 1.29 is 0 Å². The van der Waals surface area contributed by atoms with Crippen molar-refractivity contribution in [3.63, 3.8) is 0 Å². The Bertz CT molecular complexity index is 3250. The van der Waals surface area contributed by atoms with Gasteiger partial charge in [-0.15, -0.1) is 0 Å². The lowest BCUT2D eigenvalue weighted by Gasteiger charge is -2.21. The van der Waals surface area contributed by atoms with Crippen LogP contribution >= 0.6 is 0 Å². The molecule has 0 unspecified atom stereocenters. The normalized spacial score (nSPS) is 11.3. The number of para-hydroxylation sites is 1. The molecule has 0 aliphatic heterocycles. The minimum absolute atomic E-state index is 0.603. The van der Waals surface area contributed by atoms with E-state index in [0.29, 0.717) is 17.5 Å². The van der Waals surface area contributed by atoms with Crippen LogP contribution in [0.4, 0.5) is 0 Å². The highest BCUT2D eigenvalue weighted by Crippen LogP contribution is 2.44. The third-order valence-corrected chi connectivity index (χ3v) is 11.5. The lowest BCUT2D eigenvalue weighted by molar-refractivity contribution is 1.07. The van der Waals surface area contributed by atoms with Crippen molar-refractivity contribution in [2.24, 2.45) is 0 Å². The van der Waals surface area contributed by atoms with E-state index in [1.807, 2.05) is 24.3 Å². The summed E-state index contributed by atoms with van der Waals surface area (Å²) in [5, 5.41) is 2.40. The fourth-order valence-corrected chi connectivity index (χ4v) is 8.50. The Labute approximate surface area is 354 Å². The van der Waals surface area contributed by atoms with Crippen molar-refractivity contribution in [1.29, 1.82) is 0 Å². The third kappa shape index (κ3) is 6.76. The molecule has 2 heterocycles. The molecule has 2 aromatic heterocycles. The summed E-state index contributed by atoms with van der Waals surface area (Å²) in [6, 6.07) is 81.2. The van der Waals surface area contributed by atoms with Gasteiger partial charge in [-0.1, -0.05) is 200 Å². The number of nitrogens with zero attached hydrogens (tertiary/aromatic N) is 4. The first kappa shape index (κ1) is 35.9. The van der Waals surface area contributed by atoms with E-state index in [0.717, 1.165) is 66.8 Å². The van der Waals surface area contributed by atoms with E-state index in [4.69, 9.17) is 15.0 Å². The zero-order chi connectivity index (χ0) is 40.5. The van der Waals surface area contributed by atoms with Gasteiger partial charge < -0.3 is 4.57 Å². The minimum atomic E-state index is 0.603. The highest BCUT2D eigenvalue weighted by molar-refractivity contribution is 6.12. The molecule has 0 spiro atoms. The molecule has 61 heavy (non-hydrogen) atoms. The Hall–Kier alpha value is -8.21. The second-order valence-electron chi connectivity index (χ2n) is 15.2. The fraction of sp³-hybridized carbons (Fsp3) is 0. The summed E-state index contributed by atoms with van der Waals surface area (Å²) >= 11 is 0. The van der Waals surface area contributed by atoms with E-state index in [2.05, 4.69) is 211 Å². The topological polar surface area (TPSA) is 43.6 Å². The smallest absolute Gasteiger partial charge is 0.164 e. The molecule has 4 heteroatoms. The number of benzene rings is 9. The Morgan fingerprint density at radius 2 is 0.607 bits per heavy atom. The molecule has 0 radical (unpaired) electrons. The van der Waals surface area contributed by atoms with E-state index < -0.39 is 0 Å². The Morgan fingerprint density at radius 3 is 1.15 bits per heavy atom. The Balaban J connectivity index is 1.18. The number of hydrogen-bond acceptors (Lipinski definition) is 3. The van der Waals surface area contributed by atoms with Gasteiger partial charge in [0.15, 0.2) is 17.5 Å². The molecule has 0 bridgehead atoms. The summed E-state index contributed by atoms with van der Waals surface area (Å²) in [5.41, 5.74) is 15.1. The van der Waals surface area contributed by atoms with Gasteiger partial charge in [-0.25, -0.2) is 15.0 Å². The molecule has 11 aromatic rings. The van der Waals surface area contributed by atoms with Crippen LogP contribution in [0.15, 0.2) is 231 Å². The van der Waals surface area contributed by atoms with Gasteiger partial charge in [0.2, 0.25) is 0 Å². The molecule has 0 N–H and O–H groups in total. The van der Waals surface area contributed by atoms with Crippen LogP contribution in [-0.4, -0.2) is 19.5 Å².